The van der Waals surface area contributed by atoms with Crippen molar-refractivity contribution in [1.82, 2.24) is 0 Å². The summed E-state index contributed by atoms with van der Waals surface area (Å²) < 4.78 is 0. The lowest BCUT2D eigenvalue weighted by Gasteiger charge is -2.10. The summed E-state index contributed by atoms with van der Waals surface area (Å²) in [5.74, 6) is 0.144. The minimum Gasteiger partial charge on any atom is -0.508 e. The summed E-state index contributed by atoms with van der Waals surface area (Å²) in [6.45, 7) is 0. The van der Waals surface area contributed by atoms with Crippen molar-refractivity contribution in [3.8, 4) is 5.75 Å². The number of Topliss-reactive ketones (excluding diaryl/α,β-unsaturated/α-hetero) is 1. The van der Waals surface area contributed by atoms with Crippen LogP contribution in [0.25, 0.3) is 0 Å². The maximum absolute atomic E-state index is 12.0. The molecule has 3 heteroatoms. The number of benzene rings is 2. The van der Waals surface area contributed by atoms with Crippen LogP contribution in [0.4, 0.5) is 0 Å². The summed E-state index contributed by atoms with van der Waals surface area (Å²) in [4.78, 5) is 12.0. The second-order valence-corrected chi connectivity index (χ2v) is 4.21. The molecule has 3 N–H and O–H groups in total. The van der Waals surface area contributed by atoms with E-state index in [0.29, 0.717) is 12.0 Å². The van der Waals surface area contributed by atoms with E-state index in [2.05, 4.69) is 0 Å². The summed E-state index contributed by atoms with van der Waals surface area (Å²) >= 11 is 0. The van der Waals surface area contributed by atoms with E-state index < -0.39 is 6.04 Å². The van der Waals surface area contributed by atoms with Crippen molar-refractivity contribution in [2.75, 3.05) is 0 Å². The molecule has 0 aliphatic heterocycles. The second kappa shape index (κ2) is 5.47. The molecular weight excluding hydrogens is 226 g/mol. The number of carbonyl (C=O) groups is 1. The number of phenols is 1. The zero-order valence-corrected chi connectivity index (χ0v) is 9.91. The van der Waals surface area contributed by atoms with Gasteiger partial charge in [0.25, 0.3) is 0 Å². The fourth-order valence-electron chi connectivity index (χ4n) is 1.80. The molecule has 2 rings (SSSR count). The minimum absolute atomic E-state index is 0.0660. The van der Waals surface area contributed by atoms with Gasteiger partial charge in [-0.25, -0.2) is 0 Å². The SMILES string of the molecule is NC(Cc1ccc(O)cc1)C(=O)c1ccccc1. The molecule has 18 heavy (non-hydrogen) atoms. The van der Waals surface area contributed by atoms with E-state index in [1.807, 2.05) is 18.2 Å². The highest BCUT2D eigenvalue weighted by Gasteiger charge is 2.15. The van der Waals surface area contributed by atoms with E-state index >= 15 is 0 Å². The number of carbonyl (C=O) groups excluding carboxylic acids is 1. The highest BCUT2D eigenvalue weighted by atomic mass is 16.3. The Kier molecular flexibility index (Phi) is 3.75. The van der Waals surface area contributed by atoms with Crippen molar-refractivity contribution < 1.29 is 9.90 Å². The monoisotopic (exact) mass is 241 g/mol. The molecule has 92 valence electrons. The van der Waals surface area contributed by atoms with Crippen molar-refractivity contribution in [3.05, 3.63) is 65.7 Å². The van der Waals surface area contributed by atoms with E-state index in [9.17, 15) is 9.90 Å². The third kappa shape index (κ3) is 2.96. The average Bonchev–Trinajstić information content (AvgIpc) is 2.41. The molecule has 3 nitrogen and oxygen atoms in total. The smallest absolute Gasteiger partial charge is 0.179 e. The molecule has 0 radical (unpaired) electrons. The zero-order valence-electron chi connectivity index (χ0n) is 9.91. The molecule has 0 saturated heterocycles. The van der Waals surface area contributed by atoms with E-state index in [4.69, 9.17) is 5.73 Å². The molecule has 0 amide bonds. The normalized spacial score (nSPS) is 12.1. The van der Waals surface area contributed by atoms with Crippen LogP contribution in [0.1, 0.15) is 15.9 Å². The summed E-state index contributed by atoms with van der Waals surface area (Å²) in [5, 5.41) is 9.18. The van der Waals surface area contributed by atoms with Gasteiger partial charge >= 0.3 is 0 Å². The lowest BCUT2D eigenvalue weighted by Crippen LogP contribution is -2.32. The first-order valence-electron chi connectivity index (χ1n) is 5.79. The molecule has 0 aliphatic carbocycles. The number of ketones is 1. The number of phenolic OH excluding ortho intramolecular Hbond substituents is 1. The van der Waals surface area contributed by atoms with Crippen LogP contribution in [0, 0.1) is 0 Å². The first kappa shape index (κ1) is 12.3. The molecule has 0 aliphatic rings. The van der Waals surface area contributed by atoms with Gasteiger partial charge in [0.15, 0.2) is 5.78 Å². The molecule has 0 spiro atoms. The Balaban J connectivity index is 2.06. The Hall–Kier alpha value is -2.13. The largest absolute Gasteiger partial charge is 0.508 e. The Bertz CT molecular complexity index is 520. The van der Waals surface area contributed by atoms with Crippen molar-refractivity contribution in [1.29, 1.82) is 0 Å². The van der Waals surface area contributed by atoms with Crippen molar-refractivity contribution in [2.24, 2.45) is 5.73 Å². The number of aromatic hydroxyl groups is 1. The molecule has 1 unspecified atom stereocenters. The third-order valence-corrected chi connectivity index (χ3v) is 2.79. The highest BCUT2D eigenvalue weighted by Crippen LogP contribution is 2.12. The fourth-order valence-corrected chi connectivity index (χ4v) is 1.80. The molecule has 0 saturated carbocycles. The quantitative estimate of drug-likeness (QED) is 0.806. The average molecular weight is 241 g/mol. The van der Waals surface area contributed by atoms with Crippen molar-refractivity contribution in [3.63, 3.8) is 0 Å². The van der Waals surface area contributed by atoms with Crippen LogP contribution in [-0.2, 0) is 6.42 Å². The van der Waals surface area contributed by atoms with E-state index in [1.165, 1.54) is 0 Å². The maximum Gasteiger partial charge on any atom is 0.179 e. The zero-order chi connectivity index (χ0) is 13.0. The van der Waals surface area contributed by atoms with Gasteiger partial charge in [0.2, 0.25) is 0 Å². The molecule has 1 atom stereocenters. The molecule has 0 heterocycles. The minimum atomic E-state index is -0.558. The Morgan fingerprint density at radius 1 is 1.06 bits per heavy atom. The van der Waals surface area contributed by atoms with Gasteiger partial charge in [0.05, 0.1) is 6.04 Å². The van der Waals surface area contributed by atoms with Crippen LogP contribution in [0.5, 0.6) is 5.75 Å². The van der Waals surface area contributed by atoms with Gasteiger partial charge in [-0.3, -0.25) is 4.79 Å². The Morgan fingerprint density at radius 2 is 1.67 bits per heavy atom. The highest BCUT2D eigenvalue weighted by molar-refractivity contribution is 6.00. The van der Waals surface area contributed by atoms with Crippen LogP contribution in [0.3, 0.4) is 0 Å². The van der Waals surface area contributed by atoms with E-state index in [1.54, 1.807) is 36.4 Å². The molecule has 0 bridgehead atoms. The lowest BCUT2D eigenvalue weighted by molar-refractivity contribution is 0.0961. The molecule has 2 aromatic carbocycles. The topological polar surface area (TPSA) is 63.3 Å². The summed E-state index contributed by atoms with van der Waals surface area (Å²) in [5.41, 5.74) is 7.47. The standard InChI is InChI=1S/C15H15NO2/c16-14(10-11-6-8-13(17)9-7-11)15(18)12-4-2-1-3-5-12/h1-9,14,17H,10,16H2. The van der Waals surface area contributed by atoms with Gasteiger partial charge in [-0.15, -0.1) is 0 Å². The molecule has 0 fully saturated rings. The van der Waals surface area contributed by atoms with Gasteiger partial charge in [0, 0.05) is 5.56 Å². The Morgan fingerprint density at radius 3 is 2.28 bits per heavy atom. The van der Waals surface area contributed by atoms with Crippen molar-refractivity contribution in [2.45, 2.75) is 12.5 Å². The summed E-state index contributed by atoms with van der Waals surface area (Å²) in [6.07, 6.45) is 0.466. The predicted molar refractivity (Wildman–Crippen MR) is 70.6 cm³/mol. The summed E-state index contributed by atoms with van der Waals surface area (Å²) in [7, 11) is 0. The van der Waals surface area contributed by atoms with Crippen LogP contribution in [0.2, 0.25) is 0 Å². The Labute approximate surface area is 106 Å². The van der Waals surface area contributed by atoms with Gasteiger partial charge < -0.3 is 10.8 Å². The van der Waals surface area contributed by atoms with Gasteiger partial charge in [-0.05, 0) is 24.1 Å². The van der Waals surface area contributed by atoms with Crippen LogP contribution in [0.15, 0.2) is 54.6 Å². The van der Waals surface area contributed by atoms with Gasteiger partial charge in [-0.2, -0.15) is 0 Å². The number of nitrogens with two attached hydrogens (primary N) is 1. The first-order valence-corrected chi connectivity index (χ1v) is 5.79. The molecular formula is C15H15NO2. The third-order valence-electron chi connectivity index (χ3n) is 2.79. The van der Waals surface area contributed by atoms with Crippen LogP contribution < -0.4 is 5.73 Å². The summed E-state index contributed by atoms with van der Waals surface area (Å²) in [6, 6.07) is 15.2. The van der Waals surface area contributed by atoms with Gasteiger partial charge in [-0.1, -0.05) is 42.5 Å². The van der Waals surface area contributed by atoms with Crippen LogP contribution >= 0.6 is 0 Å². The lowest BCUT2D eigenvalue weighted by atomic mass is 9.98. The number of hydrogen-bond acceptors (Lipinski definition) is 3. The van der Waals surface area contributed by atoms with E-state index in [0.717, 1.165) is 5.56 Å². The predicted octanol–water partition coefficient (Wildman–Crippen LogP) is 2.14. The number of rotatable bonds is 4. The fraction of sp³-hybridized carbons (Fsp3) is 0.133. The molecule has 2 aromatic rings. The first-order chi connectivity index (χ1) is 8.66. The second-order valence-electron chi connectivity index (χ2n) is 4.21. The van der Waals surface area contributed by atoms with Crippen LogP contribution in [-0.4, -0.2) is 16.9 Å². The van der Waals surface area contributed by atoms with Crippen molar-refractivity contribution >= 4 is 5.78 Å². The number of hydrogen-bond donors (Lipinski definition) is 2. The van der Waals surface area contributed by atoms with Gasteiger partial charge in [0.1, 0.15) is 5.75 Å². The van der Waals surface area contributed by atoms with E-state index in [-0.39, 0.29) is 11.5 Å². The molecule has 0 aromatic heterocycles. The maximum atomic E-state index is 12.0.